The van der Waals surface area contributed by atoms with Crippen LogP contribution in [0.1, 0.15) is 43.1 Å². The number of hydrogen-bond donors (Lipinski definition) is 0. The van der Waals surface area contributed by atoms with Crippen LogP contribution in [-0.2, 0) is 9.59 Å². The molecule has 1 fully saturated rings. The van der Waals surface area contributed by atoms with Gasteiger partial charge in [0.25, 0.3) is 0 Å². The topological polar surface area (TPSA) is 37.4 Å². The summed E-state index contributed by atoms with van der Waals surface area (Å²) >= 11 is 6.48. The third kappa shape index (κ3) is 6.51. The molecule has 1 aliphatic rings. The summed E-state index contributed by atoms with van der Waals surface area (Å²) in [5.41, 5.74) is 4.31. The second-order valence-electron chi connectivity index (χ2n) is 7.39. The van der Waals surface area contributed by atoms with Crippen LogP contribution in [0.5, 0.6) is 0 Å². The lowest BCUT2D eigenvalue weighted by Gasteiger charge is -2.26. The first-order chi connectivity index (χ1) is 14.7. The SMILES string of the molecule is C=O.C=O.[B]C(C)c1ccc(N(C)c2cccc(Cl)c2C(=C)C2CCC(F)(F)C2)cc1. The van der Waals surface area contributed by atoms with Crippen molar-refractivity contribution in [2.24, 2.45) is 5.92 Å². The maximum absolute atomic E-state index is 13.7. The van der Waals surface area contributed by atoms with E-state index in [9.17, 15) is 8.78 Å². The molecular weight excluding hydrogens is 419 g/mol. The highest BCUT2D eigenvalue weighted by Gasteiger charge is 2.41. The Balaban J connectivity index is 0.00000113. The molecular formula is C24H27BClF2NO2. The minimum absolute atomic E-state index is 0.0325. The van der Waals surface area contributed by atoms with Crippen molar-refractivity contribution in [1.82, 2.24) is 0 Å². The second kappa shape index (κ2) is 11.8. The summed E-state index contributed by atoms with van der Waals surface area (Å²) in [7, 11) is 7.86. The van der Waals surface area contributed by atoms with Crippen LogP contribution in [0, 0.1) is 5.92 Å². The van der Waals surface area contributed by atoms with E-state index in [1.54, 1.807) is 6.07 Å². The van der Waals surface area contributed by atoms with Gasteiger partial charge in [-0.25, -0.2) is 8.78 Å². The fourth-order valence-electron chi connectivity index (χ4n) is 3.70. The van der Waals surface area contributed by atoms with Crippen molar-refractivity contribution in [1.29, 1.82) is 0 Å². The van der Waals surface area contributed by atoms with Gasteiger partial charge in [0.1, 0.15) is 13.6 Å². The van der Waals surface area contributed by atoms with Gasteiger partial charge in [0.05, 0.1) is 12.9 Å². The van der Waals surface area contributed by atoms with Gasteiger partial charge in [-0.1, -0.05) is 54.7 Å². The van der Waals surface area contributed by atoms with Crippen LogP contribution in [0.2, 0.25) is 5.02 Å². The van der Waals surface area contributed by atoms with E-state index in [1.807, 2.05) is 68.8 Å². The van der Waals surface area contributed by atoms with Gasteiger partial charge in [-0.05, 0) is 42.2 Å². The highest BCUT2D eigenvalue weighted by atomic mass is 35.5. The number of rotatable bonds is 5. The average Bonchev–Trinajstić information content (AvgIpc) is 3.15. The monoisotopic (exact) mass is 445 g/mol. The van der Waals surface area contributed by atoms with Crippen LogP contribution >= 0.6 is 11.6 Å². The largest absolute Gasteiger partial charge is 0.344 e. The number of alkyl halides is 2. The molecule has 0 bridgehead atoms. The van der Waals surface area contributed by atoms with Crippen molar-refractivity contribution in [3.63, 3.8) is 0 Å². The molecule has 0 amide bonds. The van der Waals surface area contributed by atoms with Gasteiger partial charge in [0.2, 0.25) is 5.92 Å². The van der Waals surface area contributed by atoms with Crippen molar-refractivity contribution < 1.29 is 18.4 Å². The average molecular weight is 446 g/mol. The Bertz CT molecular complexity index is 872. The molecule has 31 heavy (non-hydrogen) atoms. The van der Waals surface area contributed by atoms with Gasteiger partial charge in [-0.15, -0.1) is 0 Å². The summed E-state index contributed by atoms with van der Waals surface area (Å²) in [5, 5.41) is 0.534. The van der Waals surface area contributed by atoms with Crippen LogP contribution in [-0.4, -0.2) is 34.4 Å². The zero-order valence-corrected chi connectivity index (χ0v) is 18.7. The maximum atomic E-state index is 13.7. The zero-order chi connectivity index (χ0) is 23.8. The van der Waals surface area contributed by atoms with Gasteiger partial charge < -0.3 is 14.5 Å². The summed E-state index contributed by atoms with van der Waals surface area (Å²) in [6, 6.07) is 13.6. The number of allylic oxidation sites excluding steroid dienone is 1. The Morgan fingerprint density at radius 3 is 2.23 bits per heavy atom. The molecule has 2 atom stereocenters. The van der Waals surface area contributed by atoms with E-state index in [2.05, 4.69) is 6.58 Å². The van der Waals surface area contributed by atoms with Crippen LogP contribution < -0.4 is 4.90 Å². The second-order valence-corrected chi connectivity index (χ2v) is 7.80. The summed E-state index contributed by atoms with van der Waals surface area (Å²) in [6.07, 6.45) is 0.178. The number of halogens is 3. The van der Waals surface area contributed by atoms with Gasteiger partial charge in [-0.3, -0.25) is 0 Å². The molecule has 1 aliphatic carbocycles. The van der Waals surface area contributed by atoms with Crippen molar-refractivity contribution in [2.75, 3.05) is 11.9 Å². The van der Waals surface area contributed by atoms with Crippen LogP contribution in [0.25, 0.3) is 5.57 Å². The number of anilines is 2. The molecule has 1 saturated carbocycles. The molecule has 0 aliphatic heterocycles. The number of carbonyl (C=O) groups excluding carboxylic acids is 2. The molecule has 0 spiro atoms. The molecule has 2 aromatic rings. The Hall–Kier alpha value is -2.47. The highest BCUT2D eigenvalue weighted by molar-refractivity contribution is 6.33. The predicted octanol–water partition coefficient (Wildman–Crippen LogP) is 6.42. The zero-order valence-electron chi connectivity index (χ0n) is 17.9. The number of nitrogens with zero attached hydrogens (tertiary/aromatic N) is 1. The quantitative estimate of drug-likeness (QED) is 0.499. The molecule has 164 valence electrons. The minimum atomic E-state index is -2.62. The van der Waals surface area contributed by atoms with Crippen LogP contribution in [0.15, 0.2) is 49.0 Å². The summed E-state index contributed by atoms with van der Waals surface area (Å²) in [6.45, 7) is 10.1. The Labute approximate surface area is 189 Å². The van der Waals surface area contributed by atoms with E-state index >= 15 is 0 Å². The van der Waals surface area contributed by atoms with E-state index in [1.165, 1.54) is 0 Å². The fraction of sp³-hybridized carbons (Fsp3) is 0.333. The van der Waals surface area contributed by atoms with Crippen molar-refractivity contribution in [3.05, 3.63) is 65.2 Å². The van der Waals surface area contributed by atoms with Gasteiger partial charge in [-0.2, -0.15) is 0 Å². The molecule has 0 aromatic heterocycles. The lowest BCUT2D eigenvalue weighted by atomic mass is 9.83. The van der Waals surface area contributed by atoms with E-state index < -0.39 is 5.92 Å². The van der Waals surface area contributed by atoms with Crippen LogP contribution in [0.4, 0.5) is 20.2 Å². The molecule has 3 nitrogen and oxygen atoms in total. The maximum Gasteiger partial charge on any atom is 0.248 e. The Kier molecular flexibility index (Phi) is 10.1. The predicted molar refractivity (Wildman–Crippen MR) is 126 cm³/mol. The van der Waals surface area contributed by atoms with E-state index in [0.29, 0.717) is 17.0 Å². The lowest BCUT2D eigenvalue weighted by Crippen LogP contribution is -2.14. The fourth-order valence-corrected chi connectivity index (χ4v) is 3.99. The summed E-state index contributed by atoms with van der Waals surface area (Å²) < 4.78 is 27.4. The van der Waals surface area contributed by atoms with E-state index in [-0.39, 0.29) is 24.6 Å². The van der Waals surface area contributed by atoms with Crippen LogP contribution in [0.3, 0.4) is 0 Å². The third-order valence-electron chi connectivity index (χ3n) is 5.38. The van der Waals surface area contributed by atoms with E-state index in [0.717, 1.165) is 22.5 Å². The van der Waals surface area contributed by atoms with Gasteiger partial charge in [0, 0.05) is 36.8 Å². The number of hydrogen-bond acceptors (Lipinski definition) is 3. The van der Waals surface area contributed by atoms with Crippen molar-refractivity contribution in [3.8, 4) is 0 Å². The molecule has 0 heterocycles. The van der Waals surface area contributed by atoms with E-state index in [4.69, 9.17) is 29.0 Å². The molecule has 0 N–H and O–H groups in total. The Morgan fingerprint density at radius 1 is 1.16 bits per heavy atom. The molecule has 7 heteroatoms. The molecule has 2 unspecified atom stereocenters. The standard InChI is InChI=1S/C22H23BClF2N.2CH2O/c1-14(17-11-12-22(25,26)13-17)21-19(24)5-4-6-20(21)27(3)18-9-7-16(8-10-18)15(2)23;2*1-2/h4-10,15,17H,1,11-13H2,2-3H3;2*1H2. The number of benzene rings is 2. The summed E-state index contributed by atoms with van der Waals surface area (Å²) in [5.74, 6) is -2.90. The molecule has 2 radical (unpaired) electrons. The Morgan fingerprint density at radius 2 is 1.74 bits per heavy atom. The first-order valence-electron chi connectivity index (χ1n) is 9.72. The molecule has 3 rings (SSSR count). The first kappa shape index (κ1) is 26.6. The molecule has 0 saturated heterocycles. The van der Waals surface area contributed by atoms with Gasteiger partial charge in [0.15, 0.2) is 0 Å². The minimum Gasteiger partial charge on any atom is -0.344 e. The highest BCUT2D eigenvalue weighted by Crippen LogP contribution is 2.47. The summed E-state index contributed by atoms with van der Waals surface area (Å²) in [4.78, 5) is 18.0. The smallest absolute Gasteiger partial charge is 0.248 e. The number of carbonyl (C=O) groups is 2. The first-order valence-corrected chi connectivity index (χ1v) is 10.1. The third-order valence-corrected chi connectivity index (χ3v) is 5.69. The van der Waals surface area contributed by atoms with Crippen molar-refractivity contribution >= 4 is 50.0 Å². The van der Waals surface area contributed by atoms with Gasteiger partial charge >= 0.3 is 0 Å². The lowest BCUT2D eigenvalue weighted by molar-refractivity contribution is -0.0987. The van der Waals surface area contributed by atoms with Crippen molar-refractivity contribution in [2.45, 2.75) is 37.9 Å². The molecule has 2 aromatic carbocycles. The normalized spacial score (nSPS) is 17.4.